The molecule has 0 saturated heterocycles. The maximum absolute atomic E-state index is 10.8. The molecule has 2 heterocycles. The average Bonchev–Trinajstić information content (AvgIpc) is 2.74. The van der Waals surface area contributed by atoms with E-state index < -0.39 is 5.97 Å². The second kappa shape index (κ2) is 5.57. The second-order valence-corrected chi connectivity index (χ2v) is 4.22. The number of aromatic nitrogens is 3. The van der Waals surface area contributed by atoms with Crippen molar-refractivity contribution in [1.29, 1.82) is 0 Å². The zero-order valence-corrected chi connectivity index (χ0v) is 10.7. The molecule has 2 aromatic rings. The third-order valence-electron chi connectivity index (χ3n) is 2.44. The molecule has 0 radical (unpaired) electrons. The van der Waals surface area contributed by atoms with Gasteiger partial charge in [-0.2, -0.15) is 4.98 Å². The molecule has 7 nitrogen and oxygen atoms in total. The van der Waals surface area contributed by atoms with Crippen LogP contribution in [0.2, 0.25) is 0 Å². The van der Waals surface area contributed by atoms with Crippen LogP contribution in [0.4, 0.5) is 0 Å². The van der Waals surface area contributed by atoms with Gasteiger partial charge >= 0.3 is 5.97 Å². The van der Waals surface area contributed by atoms with E-state index in [0.29, 0.717) is 30.5 Å². The van der Waals surface area contributed by atoms with Crippen molar-refractivity contribution in [3.05, 3.63) is 41.3 Å². The van der Waals surface area contributed by atoms with Crippen molar-refractivity contribution in [2.75, 3.05) is 7.05 Å². The predicted octanol–water partition coefficient (Wildman–Crippen LogP) is 1.10. The van der Waals surface area contributed by atoms with Crippen molar-refractivity contribution < 1.29 is 14.4 Å². The lowest BCUT2D eigenvalue weighted by molar-refractivity contribution is 0.0690. The molecule has 0 aliphatic heterocycles. The zero-order valence-electron chi connectivity index (χ0n) is 10.7. The van der Waals surface area contributed by atoms with Crippen LogP contribution in [0, 0.1) is 6.92 Å². The van der Waals surface area contributed by atoms with Gasteiger partial charge in [-0.15, -0.1) is 0 Å². The van der Waals surface area contributed by atoms with Gasteiger partial charge in [0.05, 0.1) is 12.2 Å². The standard InChI is InChI=1S/C12H14N4O3/c1-8-13-11(15-19-8)7-16(2)6-9-4-3-5-10(14-9)12(17)18/h3-5H,6-7H2,1-2H3,(H,17,18). The quantitative estimate of drug-likeness (QED) is 0.862. The van der Waals surface area contributed by atoms with Crippen LogP contribution in [0.5, 0.6) is 0 Å². The smallest absolute Gasteiger partial charge is 0.354 e. The first kappa shape index (κ1) is 13.2. The van der Waals surface area contributed by atoms with Gasteiger partial charge in [-0.3, -0.25) is 4.90 Å². The normalized spacial score (nSPS) is 10.9. The number of carboxylic acid groups (broad SMARTS) is 1. The van der Waals surface area contributed by atoms with Crippen LogP contribution < -0.4 is 0 Å². The summed E-state index contributed by atoms with van der Waals surface area (Å²) in [6.07, 6.45) is 0. The summed E-state index contributed by atoms with van der Waals surface area (Å²) >= 11 is 0. The van der Waals surface area contributed by atoms with Crippen molar-refractivity contribution in [2.24, 2.45) is 0 Å². The first-order valence-corrected chi connectivity index (χ1v) is 5.71. The molecule has 0 amide bonds. The molecule has 100 valence electrons. The van der Waals surface area contributed by atoms with Gasteiger partial charge in [-0.05, 0) is 19.2 Å². The molecule has 0 fully saturated rings. The van der Waals surface area contributed by atoms with Crippen LogP contribution >= 0.6 is 0 Å². The van der Waals surface area contributed by atoms with E-state index in [1.165, 1.54) is 6.07 Å². The van der Waals surface area contributed by atoms with E-state index in [4.69, 9.17) is 9.63 Å². The highest BCUT2D eigenvalue weighted by molar-refractivity contribution is 5.85. The first-order valence-electron chi connectivity index (χ1n) is 5.71. The molecule has 0 aromatic carbocycles. The van der Waals surface area contributed by atoms with E-state index in [-0.39, 0.29) is 5.69 Å². The maximum Gasteiger partial charge on any atom is 0.354 e. The summed E-state index contributed by atoms with van der Waals surface area (Å²) < 4.78 is 4.89. The fourth-order valence-electron chi connectivity index (χ4n) is 1.67. The minimum Gasteiger partial charge on any atom is -0.477 e. The number of carboxylic acids is 1. The van der Waals surface area contributed by atoms with Crippen LogP contribution in [0.3, 0.4) is 0 Å². The van der Waals surface area contributed by atoms with Gasteiger partial charge in [-0.1, -0.05) is 11.2 Å². The Labute approximate surface area is 109 Å². The number of rotatable bonds is 5. The van der Waals surface area contributed by atoms with Crippen LogP contribution in [0.15, 0.2) is 22.7 Å². The predicted molar refractivity (Wildman–Crippen MR) is 65.4 cm³/mol. The summed E-state index contributed by atoms with van der Waals surface area (Å²) in [5.41, 5.74) is 0.726. The summed E-state index contributed by atoms with van der Waals surface area (Å²) in [6.45, 7) is 2.75. The number of hydrogen-bond acceptors (Lipinski definition) is 6. The molecule has 0 atom stereocenters. The summed E-state index contributed by atoms with van der Waals surface area (Å²) in [5.74, 6) is 0.0853. The van der Waals surface area contributed by atoms with Crippen molar-refractivity contribution in [3.63, 3.8) is 0 Å². The monoisotopic (exact) mass is 262 g/mol. The van der Waals surface area contributed by atoms with Crippen LogP contribution in [0.25, 0.3) is 0 Å². The highest BCUT2D eigenvalue weighted by Crippen LogP contribution is 2.06. The third-order valence-corrected chi connectivity index (χ3v) is 2.44. The Morgan fingerprint density at radius 2 is 2.16 bits per heavy atom. The SMILES string of the molecule is Cc1nc(CN(C)Cc2cccc(C(=O)O)n2)no1. The number of hydrogen-bond donors (Lipinski definition) is 1. The van der Waals surface area contributed by atoms with E-state index in [9.17, 15) is 4.79 Å². The fourth-order valence-corrected chi connectivity index (χ4v) is 1.67. The van der Waals surface area contributed by atoms with Crippen LogP contribution in [-0.4, -0.2) is 38.1 Å². The molecule has 0 aliphatic rings. The lowest BCUT2D eigenvalue weighted by Crippen LogP contribution is -2.19. The number of aromatic carboxylic acids is 1. The molecule has 0 spiro atoms. The fraction of sp³-hybridized carbons (Fsp3) is 0.333. The van der Waals surface area contributed by atoms with Gasteiger partial charge in [0.25, 0.3) is 0 Å². The van der Waals surface area contributed by atoms with Crippen molar-refractivity contribution in [1.82, 2.24) is 20.0 Å². The Morgan fingerprint density at radius 3 is 2.79 bits per heavy atom. The Kier molecular flexibility index (Phi) is 3.86. The lowest BCUT2D eigenvalue weighted by Gasteiger charge is -2.13. The van der Waals surface area contributed by atoms with E-state index in [1.807, 2.05) is 11.9 Å². The minimum atomic E-state index is -1.03. The van der Waals surface area contributed by atoms with E-state index in [0.717, 1.165) is 0 Å². The Hall–Kier alpha value is -2.28. The molecule has 19 heavy (non-hydrogen) atoms. The van der Waals surface area contributed by atoms with Gasteiger partial charge in [-0.25, -0.2) is 9.78 Å². The topological polar surface area (TPSA) is 92.4 Å². The number of aryl methyl sites for hydroxylation is 1. The van der Waals surface area contributed by atoms with E-state index in [1.54, 1.807) is 19.1 Å². The van der Waals surface area contributed by atoms with Crippen LogP contribution in [-0.2, 0) is 13.1 Å². The second-order valence-electron chi connectivity index (χ2n) is 4.22. The van der Waals surface area contributed by atoms with E-state index in [2.05, 4.69) is 15.1 Å². The summed E-state index contributed by atoms with van der Waals surface area (Å²) in [5, 5.41) is 12.7. The molecule has 0 unspecified atom stereocenters. The van der Waals surface area contributed by atoms with Crippen LogP contribution in [0.1, 0.15) is 27.9 Å². The number of nitrogens with zero attached hydrogens (tertiary/aromatic N) is 4. The highest BCUT2D eigenvalue weighted by Gasteiger charge is 2.09. The van der Waals surface area contributed by atoms with Crippen molar-refractivity contribution >= 4 is 5.97 Å². The molecule has 0 saturated carbocycles. The van der Waals surface area contributed by atoms with E-state index >= 15 is 0 Å². The third kappa shape index (κ3) is 3.59. The molecular formula is C12H14N4O3. The maximum atomic E-state index is 10.8. The first-order chi connectivity index (χ1) is 9.04. The van der Waals surface area contributed by atoms with Crippen molar-refractivity contribution in [2.45, 2.75) is 20.0 Å². The summed E-state index contributed by atoms with van der Waals surface area (Å²) in [6, 6.07) is 4.93. The van der Waals surface area contributed by atoms with Gasteiger partial charge < -0.3 is 9.63 Å². The highest BCUT2D eigenvalue weighted by atomic mass is 16.5. The summed E-state index contributed by atoms with van der Waals surface area (Å²) in [4.78, 5) is 20.9. The molecule has 2 rings (SSSR count). The number of pyridine rings is 1. The van der Waals surface area contributed by atoms with Crippen molar-refractivity contribution in [3.8, 4) is 0 Å². The average molecular weight is 262 g/mol. The molecule has 7 heteroatoms. The minimum absolute atomic E-state index is 0.0429. The zero-order chi connectivity index (χ0) is 13.8. The number of carbonyl (C=O) groups is 1. The lowest BCUT2D eigenvalue weighted by atomic mass is 10.3. The molecule has 2 aromatic heterocycles. The molecular weight excluding hydrogens is 248 g/mol. The van der Waals surface area contributed by atoms with Gasteiger partial charge in [0.15, 0.2) is 5.82 Å². The van der Waals surface area contributed by atoms with Gasteiger partial charge in [0.1, 0.15) is 5.69 Å². The molecule has 0 bridgehead atoms. The molecule has 1 N–H and O–H groups in total. The molecule has 0 aliphatic carbocycles. The Bertz CT molecular complexity index is 582. The Morgan fingerprint density at radius 1 is 1.37 bits per heavy atom. The van der Waals surface area contributed by atoms with Gasteiger partial charge in [0, 0.05) is 13.5 Å². The summed E-state index contributed by atoms with van der Waals surface area (Å²) in [7, 11) is 1.88. The largest absolute Gasteiger partial charge is 0.477 e. The Balaban J connectivity index is 2.00. The van der Waals surface area contributed by atoms with Gasteiger partial charge in [0.2, 0.25) is 5.89 Å².